The summed E-state index contributed by atoms with van der Waals surface area (Å²) in [4.78, 5) is 16.1. The number of fused-ring (bicyclic) bond motifs is 4. The fourth-order valence-corrected chi connectivity index (χ4v) is 9.65. The van der Waals surface area contributed by atoms with E-state index in [0.29, 0.717) is 68.7 Å². The molecule has 1 saturated heterocycles. The van der Waals surface area contributed by atoms with Crippen LogP contribution in [-0.2, 0) is 28.8 Å². The third-order valence-corrected chi connectivity index (χ3v) is 16.0. The second kappa shape index (κ2) is 11.3. The number of carbonyl (C=O) groups is 1. The van der Waals surface area contributed by atoms with Crippen LogP contribution in [0.2, 0.25) is 0 Å². The van der Waals surface area contributed by atoms with E-state index < -0.39 is 60.7 Å². The van der Waals surface area contributed by atoms with Crippen molar-refractivity contribution in [3.05, 3.63) is 57.9 Å². The molecule has 4 aliphatic rings. The van der Waals surface area contributed by atoms with Crippen LogP contribution in [0, 0.1) is 5.41 Å². The smallest absolute Gasteiger partial charge is 0.310 e. The van der Waals surface area contributed by atoms with Gasteiger partial charge >= 0.3 is 16.2 Å². The van der Waals surface area contributed by atoms with E-state index in [1.165, 1.54) is 6.92 Å². The Balaban J connectivity index is 1.65. The third kappa shape index (κ3) is 6.76. The van der Waals surface area contributed by atoms with Crippen molar-refractivity contribution in [1.29, 1.82) is 0 Å². The van der Waals surface area contributed by atoms with Crippen LogP contribution in [-0.4, -0.2) is 41.4 Å². The minimum atomic E-state index is -9.89. The second-order valence-electron chi connectivity index (χ2n) is 16.3. The van der Waals surface area contributed by atoms with E-state index in [2.05, 4.69) is 47.1 Å². The normalized spacial score (nSPS) is 27.2. The highest BCUT2D eigenvalue weighted by Crippen LogP contribution is 3.02. The molecule has 276 valence electrons. The van der Waals surface area contributed by atoms with E-state index in [9.17, 15) is 24.2 Å². The first-order valence-corrected chi connectivity index (χ1v) is 21.4. The largest absolute Gasteiger partial charge is 0.455 e. The Morgan fingerprint density at radius 3 is 2.08 bits per heavy atom. The van der Waals surface area contributed by atoms with Gasteiger partial charge in [-0.25, -0.2) is 0 Å². The highest BCUT2D eigenvalue weighted by Gasteiger charge is 2.65. The number of aromatic nitrogens is 1. The fraction of sp³-hybridized carbons (Fsp3) is 0.667. The average Bonchev–Trinajstić information content (AvgIpc) is 3.58. The summed E-state index contributed by atoms with van der Waals surface area (Å²) in [6.07, 6.45) is 7.34. The Hall–Kier alpha value is -1.93. The van der Waals surface area contributed by atoms with Crippen molar-refractivity contribution in [1.82, 2.24) is 4.98 Å². The standard InChI is InChI=1S/C36H50F5NO5S2/c1-22(43)45-33-31-27(26(21-35(33,5)6)47-48(7,8)34(2,3)4)29-28(30(42-31)23-15-19-44-20-16-23)32(46-36(29)17-9-10-18-36)24-11-13-25(14-12-24)49(37,38,39,40)41/h11-14,23,26,32-33H,9-10,15-21H2,1-8H3. The lowest BCUT2D eigenvalue weighted by Gasteiger charge is -2.50. The third-order valence-electron chi connectivity index (χ3n) is 11.1. The maximum atomic E-state index is 13.8. The molecule has 0 amide bonds. The lowest BCUT2D eigenvalue weighted by Crippen LogP contribution is -2.39. The fourth-order valence-electron chi connectivity index (χ4n) is 7.96. The topological polar surface area (TPSA) is 66.9 Å². The summed E-state index contributed by atoms with van der Waals surface area (Å²) in [6.45, 7) is 13.0. The minimum absolute atomic E-state index is 0.0570. The molecule has 0 bridgehead atoms. The zero-order chi connectivity index (χ0) is 36.1. The van der Waals surface area contributed by atoms with Gasteiger partial charge in [-0.15, -0.1) is 10.3 Å². The minimum Gasteiger partial charge on any atom is -0.455 e. The summed E-state index contributed by atoms with van der Waals surface area (Å²) in [7, 11) is -11.6. The molecule has 1 spiro atoms. The molecule has 2 aliphatic carbocycles. The Morgan fingerprint density at radius 2 is 1.55 bits per heavy atom. The van der Waals surface area contributed by atoms with E-state index in [4.69, 9.17) is 23.4 Å². The first kappa shape index (κ1) is 36.8. The van der Waals surface area contributed by atoms with Gasteiger partial charge in [-0.05, 0) is 67.9 Å². The van der Waals surface area contributed by atoms with Crippen LogP contribution in [0.5, 0.6) is 0 Å². The molecule has 2 aromatic rings. The van der Waals surface area contributed by atoms with E-state index >= 15 is 0 Å². The van der Waals surface area contributed by atoms with Gasteiger partial charge in [-0.1, -0.05) is 79.0 Å². The highest BCUT2D eigenvalue weighted by atomic mass is 32.5. The van der Waals surface area contributed by atoms with Gasteiger partial charge < -0.3 is 18.4 Å². The van der Waals surface area contributed by atoms with Gasteiger partial charge in [0.05, 0.1) is 23.1 Å². The number of benzene rings is 1. The average molecular weight is 736 g/mol. The molecule has 1 aromatic heterocycles. The molecule has 2 aliphatic heterocycles. The maximum Gasteiger partial charge on any atom is 0.310 e. The number of esters is 1. The summed E-state index contributed by atoms with van der Waals surface area (Å²) in [6, 6.07) is 3.18. The van der Waals surface area contributed by atoms with Crippen LogP contribution in [0.15, 0.2) is 29.2 Å². The Labute approximate surface area is 288 Å². The molecular formula is C36H50F5NO5S2. The van der Waals surface area contributed by atoms with Gasteiger partial charge in [0.25, 0.3) is 0 Å². The van der Waals surface area contributed by atoms with Gasteiger partial charge in [0.1, 0.15) is 17.1 Å². The zero-order valence-electron chi connectivity index (χ0n) is 29.7. The van der Waals surface area contributed by atoms with Gasteiger partial charge in [0, 0.05) is 47.3 Å². The number of hydrogen-bond acceptors (Lipinski definition) is 6. The molecule has 6 nitrogen and oxygen atoms in total. The number of carbonyl (C=O) groups excluding carboxylic acids is 1. The maximum absolute atomic E-state index is 13.8. The summed E-state index contributed by atoms with van der Waals surface area (Å²) in [5.41, 5.74) is 2.97. The Bertz CT molecular complexity index is 1630. The van der Waals surface area contributed by atoms with E-state index in [0.717, 1.165) is 47.4 Å². The van der Waals surface area contributed by atoms with E-state index in [-0.39, 0.29) is 10.7 Å². The van der Waals surface area contributed by atoms with Crippen LogP contribution in [0.1, 0.15) is 144 Å². The van der Waals surface area contributed by atoms with Gasteiger partial charge in [-0.2, -0.15) is 0 Å². The molecule has 13 heteroatoms. The summed E-state index contributed by atoms with van der Waals surface area (Å²) < 4.78 is 94.9. The van der Waals surface area contributed by atoms with Crippen LogP contribution in [0.25, 0.3) is 0 Å². The van der Waals surface area contributed by atoms with Gasteiger partial charge in [-0.3, -0.25) is 9.78 Å². The van der Waals surface area contributed by atoms with Crippen LogP contribution >= 0.6 is 20.5 Å². The van der Waals surface area contributed by atoms with Crippen molar-refractivity contribution < 1.29 is 42.6 Å². The Morgan fingerprint density at radius 1 is 0.959 bits per heavy atom. The molecule has 0 radical (unpaired) electrons. The van der Waals surface area contributed by atoms with Crippen LogP contribution < -0.4 is 0 Å². The molecule has 3 heterocycles. The summed E-state index contributed by atoms with van der Waals surface area (Å²) >= 11 is 0. The van der Waals surface area contributed by atoms with Gasteiger partial charge in [0.15, 0.2) is 0 Å². The van der Waals surface area contributed by atoms with Crippen molar-refractivity contribution >= 4 is 26.5 Å². The monoisotopic (exact) mass is 735 g/mol. The van der Waals surface area contributed by atoms with Crippen molar-refractivity contribution in [2.45, 2.75) is 126 Å². The molecule has 49 heavy (non-hydrogen) atoms. The lowest BCUT2D eigenvalue weighted by molar-refractivity contribution is -0.156. The molecule has 1 aromatic carbocycles. The van der Waals surface area contributed by atoms with Crippen molar-refractivity contribution in [3.63, 3.8) is 0 Å². The van der Waals surface area contributed by atoms with Gasteiger partial charge in [0.2, 0.25) is 0 Å². The summed E-state index contributed by atoms with van der Waals surface area (Å²) in [5.74, 6) is -0.480. The Kier molecular flexibility index (Phi) is 8.49. The number of halogens is 5. The zero-order valence-corrected chi connectivity index (χ0v) is 31.3. The molecule has 0 N–H and O–H groups in total. The molecule has 2 fully saturated rings. The van der Waals surface area contributed by atoms with Crippen molar-refractivity contribution in [2.75, 3.05) is 25.7 Å². The molecular weight excluding hydrogens is 686 g/mol. The number of pyridine rings is 1. The van der Waals surface area contributed by atoms with Crippen LogP contribution in [0.3, 0.4) is 0 Å². The molecule has 3 atom stereocenters. The predicted molar refractivity (Wildman–Crippen MR) is 184 cm³/mol. The number of nitrogens with zero attached hydrogens (tertiary/aromatic N) is 1. The number of rotatable bonds is 6. The molecule has 6 rings (SSSR count). The van der Waals surface area contributed by atoms with Crippen LogP contribution in [0.4, 0.5) is 19.4 Å². The van der Waals surface area contributed by atoms with Crippen molar-refractivity contribution in [3.8, 4) is 0 Å². The predicted octanol–water partition coefficient (Wildman–Crippen LogP) is 11.4. The number of hydrogen-bond donors (Lipinski definition) is 0. The first-order chi connectivity index (χ1) is 22.3. The van der Waals surface area contributed by atoms with E-state index in [1.54, 1.807) is 0 Å². The second-order valence-corrected chi connectivity index (χ2v) is 22.6. The van der Waals surface area contributed by atoms with E-state index in [1.807, 2.05) is 0 Å². The number of ether oxygens (including phenoxy) is 3. The highest BCUT2D eigenvalue weighted by molar-refractivity contribution is 8.45. The molecule has 3 unspecified atom stereocenters. The molecule has 1 saturated carbocycles. The quantitative estimate of drug-likeness (QED) is 0.217. The first-order valence-electron chi connectivity index (χ1n) is 17.1. The van der Waals surface area contributed by atoms with Crippen molar-refractivity contribution in [2.24, 2.45) is 5.41 Å². The SMILES string of the molecule is CC(=O)OC1c2nc(C3CCOCC3)c3c(c2C(OS(C)(C)C(C)(C)C)CC1(C)C)C1(CCCC1)OC3c1ccc(S(F)(F)(F)(F)F)cc1. The summed E-state index contributed by atoms with van der Waals surface area (Å²) in [5, 5.41) is 0. The lowest BCUT2D eigenvalue weighted by atomic mass is 9.68.